The van der Waals surface area contributed by atoms with Gasteiger partial charge < -0.3 is 0 Å². The molecule has 132 valence electrons. The van der Waals surface area contributed by atoms with Crippen molar-refractivity contribution in [1.82, 2.24) is 0 Å². The van der Waals surface area contributed by atoms with Crippen LogP contribution >= 0.6 is 0 Å². The van der Waals surface area contributed by atoms with Crippen LogP contribution < -0.4 is 0 Å². The summed E-state index contributed by atoms with van der Waals surface area (Å²) in [6, 6.07) is 0. The van der Waals surface area contributed by atoms with E-state index in [9.17, 15) is 4.79 Å². The second kappa shape index (κ2) is 6.19. The molecule has 3 rings (SSSR count). The van der Waals surface area contributed by atoms with E-state index in [2.05, 4.69) is 27.7 Å². The van der Waals surface area contributed by atoms with E-state index < -0.39 is 0 Å². The van der Waals surface area contributed by atoms with Gasteiger partial charge in [0.2, 0.25) is 0 Å². The van der Waals surface area contributed by atoms with Gasteiger partial charge in [-0.15, -0.1) is 0 Å². The van der Waals surface area contributed by atoms with Crippen molar-refractivity contribution < 1.29 is 4.79 Å². The van der Waals surface area contributed by atoms with Crippen LogP contribution in [0.25, 0.3) is 0 Å². The summed E-state index contributed by atoms with van der Waals surface area (Å²) >= 11 is 0. The summed E-state index contributed by atoms with van der Waals surface area (Å²) < 4.78 is 0. The van der Waals surface area contributed by atoms with Gasteiger partial charge in [-0.3, -0.25) is 4.79 Å². The van der Waals surface area contributed by atoms with Gasteiger partial charge in [-0.25, -0.2) is 0 Å². The molecule has 0 N–H and O–H groups in total. The third kappa shape index (κ3) is 2.52. The van der Waals surface area contributed by atoms with Crippen molar-refractivity contribution in [2.45, 2.75) is 92.4 Å². The maximum Gasteiger partial charge on any atom is 0.133 e. The molecule has 0 heterocycles. The normalized spacial score (nSPS) is 49.5. The highest BCUT2D eigenvalue weighted by atomic mass is 16.1. The van der Waals surface area contributed by atoms with Crippen molar-refractivity contribution in [3.8, 4) is 0 Å². The minimum Gasteiger partial charge on any atom is -0.300 e. The van der Waals surface area contributed by atoms with E-state index >= 15 is 0 Å². The van der Waals surface area contributed by atoms with E-state index in [-0.39, 0.29) is 0 Å². The molecular weight excluding hydrogens is 280 g/mol. The Morgan fingerprint density at radius 1 is 1.00 bits per heavy atom. The summed E-state index contributed by atoms with van der Waals surface area (Å²) in [7, 11) is 0. The van der Waals surface area contributed by atoms with Crippen LogP contribution in [0.2, 0.25) is 0 Å². The number of carbonyl (C=O) groups excluding carboxylic acids is 1. The first-order chi connectivity index (χ1) is 10.9. The Morgan fingerprint density at radius 3 is 2.35 bits per heavy atom. The number of hydrogen-bond acceptors (Lipinski definition) is 1. The van der Waals surface area contributed by atoms with Gasteiger partial charge in [0.05, 0.1) is 0 Å². The number of rotatable bonds is 4. The average molecular weight is 319 g/mol. The van der Waals surface area contributed by atoms with Crippen molar-refractivity contribution in [3.63, 3.8) is 0 Å². The van der Waals surface area contributed by atoms with Crippen molar-refractivity contribution >= 4 is 5.78 Å². The van der Waals surface area contributed by atoms with E-state index in [0.717, 1.165) is 23.7 Å². The van der Waals surface area contributed by atoms with Crippen molar-refractivity contribution in [3.05, 3.63) is 0 Å². The third-order valence-electron chi connectivity index (χ3n) is 8.84. The molecule has 0 bridgehead atoms. The molecule has 0 radical (unpaired) electrons. The number of Topliss-reactive ketones (excluding diaryl/α,β-unsaturated/α-hetero) is 1. The highest BCUT2D eigenvalue weighted by Gasteiger charge is 2.59. The molecule has 0 aromatic rings. The minimum absolute atomic E-state index is 0.319. The zero-order chi connectivity index (χ0) is 16.8. The molecule has 0 amide bonds. The van der Waals surface area contributed by atoms with Gasteiger partial charge in [0, 0.05) is 5.92 Å². The van der Waals surface area contributed by atoms with Gasteiger partial charge in [0.1, 0.15) is 5.78 Å². The van der Waals surface area contributed by atoms with Crippen LogP contribution in [0.4, 0.5) is 0 Å². The lowest BCUT2D eigenvalue weighted by atomic mass is 9.46. The quantitative estimate of drug-likeness (QED) is 0.598. The lowest BCUT2D eigenvalue weighted by Gasteiger charge is -2.59. The largest absolute Gasteiger partial charge is 0.300 e. The first kappa shape index (κ1) is 17.5. The smallest absolute Gasteiger partial charge is 0.133 e. The molecule has 3 aliphatic carbocycles. The molecule has 7 atom stereocenters. The molecular formula is C22H38O. The fourth-order valence-corrected chi connectivity index (χ4v) is 7.80. The summed E-state index contributed by atoms with van der Waals surface area (Å²) in [6.07, 6.45) is 12.1. The summed E-state index contributed by atoms with van der Waals surface area (Å²) in [5.41, 5.74) is 0.876. The van der Waals surface area contributed by atoms with Gasteiger partial charge in [-0.1, -0.05) is 40.5 Å². The van der Waals surface area contributed by atoms with Crippen molar-refractivity contribution in [2.24, 2.45) is 40.4 Å². The summed E-state index contributed by atoms with van der Waals surface area (Å²) in [5.74, 6) is 4.39. The van der Waals surface area contributed by atoms with Gasteiger partial charge in [0.15, 0.2) is 0 Å². The van der Waals surface area contributed by atoms with E-state index in [4.69, 9.17) is 0 Å². The molecule has 0 spiro atoms. The third-order valence-corrected chi connectivity index (χ3v) is 8.84. The van der Waals surface area contributed by atoms with Crippen LogP contribution in [-0.4, -0.2) is 5.78 Å². The van der Waals surface area contributed by atoms with E-state index in [1.54, 1.807) is 0 Å². The Bertz CT molecular complexity index is 455. The molecule has 3 saturated carbocycles. The molecule has 3 unspecified atom stereocenters. The van der Waals surface area contributed by atoms with Crippen LogP contribution in [0.3, 0.4) is 0 Å². The number of fused-ring (bicyclic) bond motifs is 3. The summed E-state index contributed by atoms with van der Waals surface area (Å²) in [4.78, 5) is 12.2. The first-order valence-electron chi connectivity index (χ1n) is 10.4. The molecule has 23 heavy (non-hydrogen) atoms. The Hall–Kier alpha value is -0.330. The fourth-order valence-electron chi connectivity index (χ4n) is 7.80. The molecule has 0 aromatic carbocycles. The van der Waals surface area contributed by atoms with Crippen LogP contribution in [0.1, 0.15) is 92.4 Å². The monoisotopic (exact) mass is 318 g/mol. The second-order valence-electron chi connectivity index (χ2n) is 9.60. The van der Waals surface area contributed by atoms with Crippen LogP contribution in [0, 0.1) is 40.4 Å². The van der Waals surface area contributed by atoms with Crippen LogP contribution in [-0.2, 0) is 4.79 Å². The fraction of sp³-hybridized carbons (Fsp3) is 0.955. The lowest BCUT2D eigenvalue weighted by molar-refractivity contribution is -0.131. The number of hydrogen-bond donors (Lipinski definition) is 0. The Morgan fingerprint density at radius 2 is 1.74 bits per heavy atom. The predicted molar refractivity (Wildman–Crippen MR) is 97.2 cm³/mol. The predicted octanol–water partition coefficient (Wildman–Crippen LogP) is 6.26. The highest BCUT2D eigenvalue weighted by molar-refractivity contribution is 5.79. The number of carbonyl (C=O) groups is 1. The maximum absolute atomic E-state index is 12.2. The van der Waals surface area contributed by atoms with Crippen LogP contribution in [0.5, 0.6) is 0 Å². The SMILES string of the molecule is CCC[C@@]1(C)C(CC)CC[C@@H]2C1CC[C@@]1(C)C2CC[C@@H]1C(C)=O. The number of ketones is 1. The molecule has 0 saturated heterocycles. The van der Waals surface area contributed by atoms with E-state index in [1.807, 2.05) is 6.92 Å². The summed E-state index contributed by atoms with van der Waals surface area (Å²) in [6.45, 7) is 11.7. The summed E-state index contributed by atoms with van der Waals surface area (Å²) in [5, 5.41) is 0. The zero-order valence-electron chi connectivity index (χ0n) is 16.2. The Kier molecular flexibility index (Phi) is 4.71. The molecule has 0 aromatic heterocycles. The minimum atomic E-state index is 0.319. The molecule has 3 aliphatic rings. The lowest BCUT2D eigenvalue weighted by Crippen LogP contribution is -2.52. The second-order valence-corrected chi connectivity index (χ2v) is 9.60. The molecule has 1 heteroatoms. The topological polar surface area (TPSA) is 17.1 Å². The zero-order valence-corrected chi connectivity index (χ0v) is 16.2. The maximum atomic E-state index is 12.2. The van der Waals surface area contributed by atoms with E-state index in [0.29, 0.717) is 22.5 Å². The van der Waals surface area contributed by atoms with Gasteiger partial charge in [0.25, 0.3) is 0 Å². The Labute approximate surface area is 144 Å². The average Bonchev–Trinajstić information content (AvgIpc) is 2.85. The molecule has 3 fully saturated rings. The molecule has 1 nitrogen and oxygen atoms in total. The van der Waals surface area contributed by atoms with Gasteiger partial charge in [-0.05, 0) is 86.4 Å². The standard InChI is InChI=1S/C22H38O/c1-6-13-21(4)16(7-2)8-9-17-19-11-10-18(15(3)23)22(19,5)14-12-20(17)21/h16-20H,6-14H2,1-5H3/t16?,17-,18+,19?,20?,21-,22+/m0/s1. The van der Waals surface area contributed by atoms with Crippen molar-refractivity contribution in [2.75, 3.05) is 0 Å². The molecule has 0 aliphatic heterocycles. The highest BCUT2D eigenvalue weighted by Crippen LogP contribution is 2.66. The Balaban J connectivity index is 1.89. The first-order valence-corrected chi connectivity index (χ1v) is 10.4. The van der Waals surface area contributed by atoms with Gasteiger partial charge in [-0.2, -0.15) is 0 Å². The van der Waals surface area contributed by atoms with Crippen molar-refractivity contribution in [1.29, 1.82) is 0 Å². The van der Waals surface area contributed by atoms with Crippen LogP contribution in [0.15, 0.2) is 0 Å². The van der Waals surface area contributed by atoms with Gasteiger partial charge >= 0.3 is 0 Å². The van der Waals surface area contributed by atoms with E-state index in [1.165, 1.54) is 57.8 Å².